The van der Waals surface area contributed by atoms with Gasteiger partial charge in [-0.15, -0.1) is 0 Å². The second-order valence-electron chi connectivity index (χ2n) is 6.73. The molecule has 0 aliphatic carbocycles. The standard InChI is InChI=1S/C20H21ClN2O3S2/c1-13-11-17-18(12-14(13)2)27-20(23(17)3)22-19(24)5-4-10-28(25,26)16-8-6-15(21)7-9-16/h6-9,11-12H,4-5,10H2,1-3H3. The summed E-state index contributed by atoms with van der Waals surface area (Å²) in [6.07, 6.45) is 0.305. The highest BCUT2D eigenvalue weighted by Gasteiger charge is 2.15. The number of thiazole rings is 1. The van der Waals surface area contributed by atoms with E-state index in [4.69, 9.17) is 11.6 Å². The fourth-order valence-corrected chi connectivity index (χ4v) is 5.37. The van der Waals surface area contributed by atoms with Gasteiger partial charge in [0, 0.05) is 18.5 Å². The maximum Gasteiger partial charge on any atom is 0.248 e. The Labute approximate surface area is 173 Å². The van der Waals surface area contributed by atoms with Gasteiger partial charge in [0.2, 0.25) is 5.91 Å². The highest BCUT2D eigenvalue weighted by molar-refractivity contribution is 7.91. The van der Waals surface area contributed by atoms with Gasteiger partial charge in [0.05, 0.1) is 20.9 Å². The molecule has 5 nitrogen and oxygen atoms in total. The van der Waals surface area contributed by atoms with Crippen molar-refractivity contribution >= 4 is 48.9 Å². The highest BCUT2D eigenvalue weighted by atomic mass is 35.5. The number of hydrogen-bond donors (Lipinski definition) is 0. The lowest BCUT2D eigenvalue weighted by molar-refractivity contribution is -0.118. The second kappa shape index (κ2) is 8.19. The molecule has 0 atom stereocenters. The van der Waals surface area contributed by atoms with Crippen LogP contribution >= 0.6 is 22.9 Å². The fourth-order valence-electron chi connectivity index (χ4n) is 2.82. The van der Waals surface area contributed by atoms with Crippen molar-refractivity contribution in [3.05, 3.63) is 57.3 Å². The van der Waals surface area contributed by atoms with Crippen LogP contribution < -0.4 is 4.80 Å². The van der Waals surface area contributed by atoms with E-state index < -0.39 is 9.84 Å². The molecule has 8 heteroatoms. The number of sulfone groups is 1. The number of aromatic nitrogens is 1. The molecular formula is C20H21ClN2O3S2. The molecule has 0 saturated heterocycles. The summed E-state index contributed by atoms with van der Waals surface area (Å²) in [5.74, 6) is -0.422. The Morgan fingerprint density at radius 1 is 1.14 bits per heavy atom. The number of rotatable bonds is 5. The lowest BCUT2D eigenvalue weighted by Gasteiger charge is -2.03. The second-order valence-corrected chi connectivity index (χ2v) is 10.3. The summed E-state index contributed by atoms with van der Waals surface area (Å²) in [6, 6.07) is 10.2. The minimum absolute atomic E-state index is 0.0825. The molecule has 0 aliphatic heterocycles. The van der Waals surface area contributed by atoms with Gasteiger partial charge in [-0.2, -0.15) is 4.99 Å². The van der Waals surface area contributed by atoms with Crippen molar-refractivity contribution in [2.24, 2.45) is 12.0 Å². The van der Waals surface area contributed by atoms with Crippen LogP contribution in [0.25, 0.3) is 10.2 Å². The maximum atomic E-state index is 12.3. The van der Waals surface area contributed by atoms with Crippen molar-refractivity contribution in [2.75, 3.05) is 5.75 Å². The van der Waals surface area contributed by atoms with Gasteiger partial charge in [-0.25, -0.2) is 8.42 Å². The number of fused-ring (bicyclic) bond motifs is 1. The molecule has 0 radical (unpaired) electrons. The first-order valence-electron chi connectivity index (χ1n) is 8.80. The van der Waals surface area contributed by atoms with Gasteiger partial charge >= 0.3 is 0 Å². The van der Waals surface area contributed by atoms with Crippen LogP contribution in [0, 0.1) is 13.8 Å². The predicted molar refractivity (Wildman–Crippen MR) is 114 cm³/mol. The number of halogens is 1. The molecule has 0 spiro atoms. The minimum atomic E-state index is -3.44. The molecule has 1 aromatic heterocycles. The van der Waals surface area contributed by atoms with E-state index in [2.05, 4.69) is 31.0 Å². The molecule has 2 aromatic carbocycles. The van der Waals surface area contributed by atoms with E-state index in [0.29, 0.717) is 9.82 Å². The van der Waals surface area contributed by atoms with Gasteiger partial charge < -0.3 is 4.57 Å². The number of hydrogen-bond acceptors (Lipinski definition) is 4. The van der Waals surface area contributed by atoms with Gasteiger partial charge in [-0.1, -0.05) is 22.9 Å². The zero-order valence-corrected chi connectivity index (χ0v) is 18.3. The summed E-state index contributed by atoms with van der Waals surface area (Å²) in [5.41, 5.74) is 3.41. The third kappa shape index (κ3) is 4.54. The van der Waals surface area contributed by atoms with Gasteiger partial charge in [-0.3, -0.25) is 4.79 Å². The van der Waals surface area contributed by atoms with Crippen molar-refractivity contribution in [3.8, 4) is 0 Å². The highest BCUT2D eigenvalue weighted by Crippen LogP contribution is 2.21. The van der Waals surface area contributed by atoms with Crippen LogP contribution in [0.1, 0.15) is 24.0 Å². The smallest absolute Gasteiger partial charge is 0.248 e. The quantitative estimate of drug-likeness (QED) is 0.602. The van der Waals surface area contributed by atoms with E-state index in [0.717, 1.165) is 10.2 Å². The van der Waals surface area contributed by atoms with Crippen molar-refractivity contribution in [1.29, 1.82) is 0 Å². The Hall–Kier alpha value is -1.96. The van der Waals surface area contributed by atoms with E-state index >= 15 is 0 Å². The molecule has 28 heavy (non-hydrogen) atoms. The number of benzene rings is 2. The summed E-state index contributed by atoms with van der Waals surface area (Å²) in [5, 5.41) is 0.481. The molecule has 0 unspecified atom stereocenters. The first-order chi connectivity index (χ1) is 13.2. The summed E-state index contributed by atoms with van der Waals surface area (Å²) < 4.78 is 27.6. The molecule has 0 N–H and O–H groups in total. The number of carbonyl (C=O) groups excluding carboxylic acids is 1. The molecule has 0 bridgehead atoms. The van der Waals surface area contributed by atoms with Crippen molar-refractivity contribution in [3.63, 3.8) is 0 Å². The Balaban J connectivity index is 1.71. The van der Waals surface area contributed by atoms with Crippen molar-refractivity contribution < 1.29 is 13.2 Å². The number of carbonyl (C=O) groups is 1. The molecule has 0 saturated carbocycles. The number of nitrogens with zero attached hydrogens (tertiary/aromatic N) is 2. The first-order valence-corrected chi connectivity index (χ1v) is 11.6. The number of amides is 1. The van der Waals surface area contributed by atoms with Crippen molar-refractivity contribution in [2.45, 2.75) is 31.6 Å². The van der Waals surface area contributed by atoms with E-state index in [9.17, 15) is 13.2 Å². The molecule has 3 aromatic rings. The molecule has 0 aliphatic rings. The van der Waals surface area contributed by atoms with Gasteiger partial charge in [-0.05, 0) is 67.8 Å². The van der Waals surface area contributed by atoms with E-state index in [1.54, 1.807) is 12.1 Å². The monoisotopic (exact) mass is 436 g/mol. The molecule has 1 heterocycles. The molecule has 3 rings (SSSR count). The summed E-state index contributed by atoms with van der Waals surface area (Å²) in [4.78, 5) is 17.3. The van der Waals surface area contributed by atoms with Gasteiger partial charge in [0.1, 0.15) is 0 Å². The van der Waals surface area contributed by atoms with E-state index in [1.165, 1.54) is 34.6 Å². The molecule has 148 valence electrons. The Bertz CT molecular complexity index is 1210. The Morgan fingerprint density at radius 3 is 2.46 bits per heavy atom. The van der Waals surface area contributed by atoms with Gasteiger partial charge in [0.25, 0.3) is 0 Å². The van der Waals surface area contributed by atoms with Crippen LogP contribution in [0.3, 0.4) is 0 Å². The normalized spacial score (nSPS) is 12.6. The first kappa shape index (κ1) is 20.8. The number of aryl methyl sites for hydroxylation is 3. The molecule has 0 fully saturated rings. The lowest BCUT2D eigenvalue weighted by Crippen LogP contribution is -2.14. The average Bonchev–Trinajstić information content (AvgIpc) is 2.91. The molecule has 1 amide bonds. The summed E-state index contributed by atoms with van der Waals surface area (Å²) in [6.45, 7) is 4.10. The maximum absolute atomic E-state index is 12.3. The Kier molecular flexibility index (Phi) is 6.07. The largest absolute Gasteiger partial charge is 0.319 e. The van der Waals surface area contributed by atoms with Gasteiger partial charge in [0.15, 0.2) is 14.6 Å². The fraction of sp³-hybridized carbons (Fsp3) is 0.300. The topological polar surface area (TPSA) is 68.5 Å². The third-order valence-electron chi connectivity index (χ3n) is 4.62. The molecular weight excluding hydrogens is 416 g/mol. The van der Waals surface area contributed by atoms with Crippen LogP contribution in [-0.2, 0) is 21.7 Å². The van der Waals surface area contributed by atoms with Crippen LogP contribution in [-0.4, -0.2) is 24.6 Å². The zero-order valence-electron chi connectivity index (χ0n) is 15.9. The average molecular weight is 437 g/mol. The summed E-state index contributed by atoms with van der Waals surface area (Å²) in [7, 11) is -1.56. The van der Waals surface area contributed by atoms with Crippen LogP contribution in [0.15, 0.2) is 46.3 Å². The third-order valence-corrected chi connectivity index (χ3v) is 7.78. The lowest BCUT2D eigenvalue weighted by atomic mass is 10.1. The van der Waals surface area contributed by atoms with E-state index in [1.807, 2.05) is 11.6 Å². The zero-order chi connectivity index (χ0) is 20.5. The predicted octanol–water partition coefficient (Wildman–Crippen LogP) is 4.19. The van der Waals surface area contributed by atoms with Crippen LogP contribution in [0.5, 0.6) is 0 Å². The van der Waals surface area contributed by atoms with Crippen molar-refractivity contribution in [1.82, 2.24) is 4.57 Å². The summed E-state index contributed by atoms with van der Waals surface area (Å²) >= 11 is 7.25. The Morgan fingerprint density at radius 2 is 1.79 bits per heavy atom. The van der Waals surface area contributed by atoms with Crippen LogP contribution in [0.4, 0.5) is 0 Å². The van der Waals surface area contributed by atoms with E-state index in [-0.39, 0.29) is 29.4 Å². The SMILES string of the molecule is Cc1cc2sc(=NC(=O)CCCS(=O)(=O)c3ccc(Cl)cc3)n(C)c2cc1C. The minimum Gasteiger partial charge on any atom is -0.319 e. The van der Waals surface area contributed by atoms with Crippen LogP contribution in [0.2, 0.25) is 5.02 Å².